The molecule has 1 aromatic carbocycles. The van der Waals surface area contributed by atoms with Gasteiger partial charge in [0.2, 0.25) is 0 Å². The number of hydrogen-bond acceptors (Lipinski definition) is 2. The van der Waals surface area contributed by atoms with Crippen molar-refractivity contribution in [3.8, 4) is 18.1 Å². The molecule has 24 heavy (non-hydrogen) atoms. The summed E-state index contributed by atoms with van der Waals surface area (Å²) in [6.07, 6.45) is 13.3. The van der Waals surface area contributed by atoms with E-state index < -0.39 is 5.60 Å². The summed E-state index contributed by atoms with van der Waals surface area (Å²) in [5, 5.41) is 21.3. The van der Waals surface area contributed by atoms with Gasteiger partial charge in [0.1, 0.15) is 5.75 Å². The van der Waals surface area contributed by atoms with E-state index >= 15 is 0 Å². The summed E-state index contributed by atoms with van der Waals surface area (Å²) in [4.78, 5) is 0. The van der Waals surface area contributed by atoms with Crippen molar-refractivity contribution >= 4 is 0 Å². The molecule has 126 valence electrons. The molecule has 3 fully saturated rings. The van der Waals surface area contributed by atoms with Gasteiger partial charge in [0.25, 0.3) is 0 Å². The van der Waals surface area contributed by atoms with Crippen LogP contribution in [-0.2, 0) is 6.42 Å². The van der Waals surface area contributed by atoms with E-state index in [2.05, 4.69) is 18.9 Å². The Morgan fingerprint density at radius 3 is 2.83 bits per heavy atom. The Bertz CT molecular complexity index is 762. The first-order chi connectivity index (χ1) is 11.5. The molecule has 0 aliphatic heterocycles. The first kappa shape index (κ1) is 14.8. The second-order valence-corrected chi connectivity index (χ2v) is 9.01. The summed E-state index contributed by atoms with van der Waals surface area (Å²) in [5.74, 6) is 4.56. The number of hydrogen-bond donors (Lipinski definition) is 2. The summed E-state index contributed by atoms with van der Waals surface area (Å²) in [6.45, 7) is 2.33. The largest absolute Gasteiger partial charge is 0.508 e. The van der Waals surface area contributed by atoms with E-state index in [0.717, 1.165) is 38.5 Å². The molecule has 2 nitrogen and oxygen atoms in total. The first-order valence-corrected chi connectivity index (χ1v) is 9.45. The zero-order valence-corrected chi connectivity index (χ0v) is 14.4. The smallest absolute Gasteiger partial charge is 0.115 e. The number of aryl methyl sites for hydroxylation is 1. The summed E-state index contributed by atoms with van der Waals surface area (Å²) in [6, 6.07) is 5.95. The van der Waals surface area contributed by atoms with E-state index in [-0.39, 0.29) is 16.7 Å². The van der Waals surface area contributed by atoms with Gasteiger partial charge in [-0.2, -0.15) is 0 Å². The molecular formula is C22H26O2. The first-order valence-electron chi connectivity index (χ1n) is 9.45. The minimum Gasteiger partial charge on any atom is -0.508 e. The van der Waals surface area contributed by atoms with Crippen molar-refractivity contribution in [2.24, 2.45) is 22.7 Å². The molecule has 0 heterocycles. The second kappa shape index (κ2) is 4.38. The van der Waals surface area contributed by atoms with Gasteiger partial charge < -0.3 is 10.2 Å². The minimum atomic E-state index is -0.651. The molecule has 3 saturated carbocycles. The van der Waals surface area contributed by atoms with Gasteiger partial charge in [-0.15, -0.1) is 12.3 Å². The predicted molar refractivity (Wildman–Crippen MR) is 93.6 cm³/mol. The molecule has 6 atom stereocenters. The molecule has 4 aliphatic rings. The Balaban J connectivity index is 1.63. The van der Waals surface area contributed by atoms with Crippen molar-refractivity contribution in [2.75, 3.05) is 0 Å². The molecule has 4 aliphatic carbocycles. The number of aromatic hydroxyl groups is 1. The number of phenols is 1. The van der Waals surface area contributed by atoms with Gasteiger partial charge in [0.05, 0.1) is 5.60 Å². The number of phenolic OH excluding ortho intramolecular Hbond substituents is 1. The van der Waals surface area contributed by atoms with Crippen LogP contribution in [0.3, 0.4) is 0 Å². The number of aliphatic hydroxyl groups is 1. The Morgan fingerprint density at radius 1 is 1.21 bits per heavy atom. The maximum atomic E-state index is 11.5. The highest BCUT2D eigenvalue weighted by atomic mass is 16.3. The molecule has 0 unspecified atom stereocenters. The van der Waals surface area contributed by atoms with Gasteiger partial charge in [-0.25, -0.2) is 0 Å². The van der Waals surface area contributed by atoms with Crippen LogP contribution in [-0.4, -0.2) is 15.8 Å². The summed E-state index contributed by atoms with van der Waals surface area (Å²) in [5.41, 5.74) is 2.31. The molecule has 2 N–H and O–H groups in total. The van der Waals surface area contributed by atoms with Gasteiger partial charge >= 0.3 is 0 Å². The third-order valence-electron chi connectivity index (χ3n) is 8.75. The molecule has 0 spiro atoms. The van der Waals surface area contributed by atoms with Gasteiger partial charge in [-0.05, 0) is 85.5 Å². The topological polar surface area (TPSA) is 40.5 Å². The van der Waals surface area contributed by atoms with Gasteiger partial charge in [0, 0.05) is 11.3 Å². The Morgan fingerprint density at radius 2 is 2.04 bits per heavy atom. The Hall–Kier alpha value is -1.46. The number of terminal acetylenes is 1. The van der Waals surface area contributed by atoms with E-state index in [9.17, 15) is 10.2 Å². The van der Waals surface area contributed by atoms with Crippen molar-refractivity contribution in [1.82, 2.24) is 0 Å². The molecule has 1 aromatic rings. The fourth-order valence-electron chi connectivity index (χ4n) is 7.59. The fraction of sp³-hybridized carbons (Fsp3) is 0.636. The number of fused-ring (bicyclic) bond motifs is 3. The van der Waals surface area contributed by atoms with Crippen LogP contribution >= 0.6 is 0 Å². The fourth-order valence-corrected chi connectivity index (χ4v) is 7.59. The van der Waals surface area contributed by atoms with Crippen LogP contribution in [0.2, 0.25) is 0 Å². The lowest BCUT2D eigenvalue weighted by atomic mass is 9.48. The molecule has 0 saturated heterocycles. The van der Waals surface area contributed by atoms with Crippen LogP contribution < -0.4 is 0 Å². The maximum Gasteiger partial charge on any atom is 0.115 e. The lowest BCUT2D eigenvalue weighted by Gasteiger charge is -2.56. The third-order valence-corrected chi connectivity index (χ3v) is 8.75. The van der Waals surface area contributed by atoms with Crippen molar-refractivity contribution in [3.63, 3.8) is 0 Å². The summed E-state index contributed by atoms with van der Waals surface area (Å²) < 4.78 is 0. The maximum absolute atomic E-state index is 11.5. The van der Waals surface area contributed by atoms with Crippen LogP contribution in [0.25, 0.3) is 0 Å². The van der Waals surface area contributed by atoms with E-state index in [1.807, 2.05) is 12.1 Å². The van der Waals surface area contributed by atoms with Gasteiger partial charge in [-0.1, -0.05) is 13.0 Å². The van der Waals surface area contributed by atoms with Crippen molar-refractivity contribution in [2.45, 2.75) is 63.4 Å². The van der Waals surface area contributed by atoms with Gasteiger partial charge in [0.15, 0.2) is 0 Å². The molecule has 0 radical (unpaired) electrons. The average Bonchev–Trinajstić information content (AvgIpc) is 2.93. The van der Waals surface area contributed by atoms with Crippen LogP contribution in [0.1, 0.15) is 62.5 Å². The van der Waals surface area contributed by atoms with E-state index in [0.29, 0.717) is 17.6 Å². The summed E-state index contributed by atoms with van der Waals surface area (Å²) in [7, 11) is 0. The molecule has 5 rings (SSSR count). The predicted octanol–water partition coefficient (Wildman–Crippen LogP) is 4.00. The van der Waals surface area contributed by atoms with E-state index in [1.54, 1.807) is 0 Å². The normalized spacial score (nSPS) is 48.3. The molecular weight excluding hydrogens is 296 g/mol. The third kappa shape index (κ3) is 1.41. The highest BCUT2D eigenvalue weighted by Crippen LogP contribution is 2.78. The van der Waals surface area contributed by atoms with Crippen molar-refractivity contribution in [3.05, 3.63) is 29.3 Å². The molecule has 0 amide bonds. The average molecular weight is 322 g/mol. The molecule has 2 bridgehead atoms. The van der Waals surface area contributed by atoms with E-state index in [4.69, 9.17) is 6.42 Å². The summed E-state index contributed by atoms with van der Waals surface area (Å²) >= 11 is 0. The lowest BCUT2D eigenvalue weighted by Crippen LogP contribution is -2.52. The zero-order valence-electron chi connectivity index (χ0n) is 14.4. The van der Waals surface area contributed by atoms with Crippen LogP contribution in [0.5, 0.6) is 5.75 Å². The Kier molecular flexibility index (Phi) is 2.71. The van der Waals surface area contributed by atoms with Crippen molar-refractivity contribution in [1.29, 1.82) is 0 Å². The monoisotopic (exact) mass is 322 g/mol. The number of rotatable bonds is 0. The SMILES string of the molecule is C#C[C@@H]1C[C@]23CC[C@@]1(O)[C@@]2(C)CC[C@@H]1c2ccc(O)cc2CC[C@H]13. The zero-order chi connectivity index (χ0) is 16.7. The van der Waals surface area contributed by atoms with Crippen LogP contribution in [0, 0.1) is 35.0 Å². The molecule has 2 heteroatoms. The van der Waals surface area contributed by atoms with Crippen molar-refractivity contribution < 1.29 is 10.2 Å². The molecule has 0 aromatic heterocycles. The second-order valence-electron chi connectivity index (χ2n) is 9.01. The number of benzene rings is 1. The highest BCUT2D eigenvalue weighted by molar-refractivity contribution is 5.42. The van der Waals surface area contributed by atoms with Crippen LogP contribution in [0.15, 0.2) is 18.2 Å². The van der Waals surface area contributed by atoms with Gasteiger partial charge in [-0.3, -0.25) is 0 Å². The standard InChI is InChI=1S/C22H26O2/c1-3-15-13-21-10-11-22(15,24)20(21,2)9-8-18-17-6-5-16(23)12-14(17)4-7-19(18)21/h1,5-6,12,15,18-19,23-24H,4,7-11,13H2,2H3/t15-,18-,19-,20+,21+,22+/m1/s1. The Labute approximate surface area is 144 Å². The highest BCUT2D eigenvalue weighted by Gasteiger charge is 2.76. The lowest BCUT2D eigenvalue weighted by molar-refractivity contribution is -0.107. The minimum absolute atomic E-state index is 0.0212. The van der Waals surface area contributed by atoms with Crippen LogP contribution in [0.4, 0.5) is 0 Å². The quantitative estimate of drug-likeness (QED) is 0.709. The van der Waals surface area contributed by atoms with E-state index in [1.165, 1.54) is 17.5 Å².